The molecule has 1 unspecified atom stereocenters. The van der Waals surface area contributed by atoms with E-state index in [0.717, 1.165) is 12.8 Å². The number of imide groups is 1. The Labute approximate surface area is 191 Å². The number of carbonyl (C=O) groups excluding carboxylic acids is 3. The number of sulfonamides is 1. The summed E-state index contributed by atoms with van der Waals surface area (Å²) in [6.07, 6.45) is 1.52. The molecular weight excluding hydrogens is 448 g/mol. The summed E-state index contributed by atoms with van der Waals surface area (Å²) in [5, 5.41) is 3.20. The van der Waals surface area contributed by atoms with E-state index in [1.165, 1.54) is 29.6 Å². The molecule has 0 saturated carbocycles. The molecule has 0 aromatic heterocycles. The molecule has 1 atom stereocenters. The summed E-state index contributed by atoms with van der Waals surface area (Å²) >= 11 is 0. The Balaban J connectivity index is 1.60. The van der Waals surface area contributed by atoms with Crippen LogP contribution in [0.3, 0.4) is 0 Å². The molecule has 0 spiro atoms. The Morgan fingerprint density at radius 2 is 1.76 bits per heavy atom. The minimum Gasteiger partial charge on any atom is -0.495 e. The van der Waals surface area contributed by atoms with Crippen LogP contribution in [0.4, 0.5) is 4.79 Å². The molecule has 0 aliphatic carbocycles. The van der Waals surface area contributed by atoms with Crippen molar-refractivity contribution in [3.63, 3.8) is 0 Å². The Morgan fingerprint density at radius 1 is 1.09 bits per heavy atom. The van der Waals surface area contributed by atoms with Gasteiger partial charge in [-0.2, -0.15) is 9.31 Å². The van der Waals surface area contributed by atoms with Gasteiger partial charge >= 0.3 is 6.03 Å². The second-order valence-corrected chi connectivity index (χ2v) is 9.89. The van der Waals surface area contributed by atoms with Gasteiger partial charge in [0.1, 0.15) is 16.2 Å². The highest BCUT2D eigenvalue weighted by Crippen LogP contribution is 2.31. The average Bonchev–Trinajstić information content (AvgIpc) is 3.44. The summed E-state index contributed by atoms with van der Waals surface area (Å²) in [7, 11) is -2.53. The van der Waals surface area contributed by atoms with Crippen molar-refractivity contribution in [1.29, 1.82) is 0 Å². The van der Waals surface area contributed by atoms with Gasteiger partial charge in [0.15, 0.2) is 0 Å². The fourth-order valence-corrected chi connectivity index (χ4v) is 5.66. The number of urea groups is 1. The van der Waals surface area contributed by atoms with Crippen molar-refractivity contribution in [3.8, 4) is 5.75 Å². The van der Waals surface area contributed by atoms with Crippen LogP contribution in [0.5, 0.6) is 5.75 Å². The lowest BCUT2D eigenvalue weighted by Gasteiger charge is -2.22. The van der Waals surface area contributed by atoms with Crippen LogP contribution in [0.2, 0.25) is 0 Å². The normalized spacial score (nSPS) is 21.2. The van der Waals surface area contributed by atoms with E-state index in [-0.39, 0.29) is 16.2 Å². The highest BCUT2D eigenvalue weighted by atomic mass is 32.2. The number of ether oxygens (including phenoxy) is 1. The highest BCUT2D eigenvalue weighted by molar-refractivity contribution is 7.89. The Kier molecular flexibility index (Phi) is 5.85. The SMILES string of the molecule is COc1ccc(C(=O)NN2C(=O)NC(C)(c3ccccc3)C2=O)cc1S(=O)(=O)N1CCCC1. The van der Waals surface area contributed by atoms with Crippen LogP contribution in [0.15, 0.2) is 53.4 Å². The Morgan fingerprint density at radius 3 is 2.39 bits per heavy atom. The van der Waals surface area contributed by atoms with Crippen LogP contribution in [-0.2, 0) is 20.4 Å². The highest BCUT2D eigenvalue weighted by Gasteiger charge is 2.50. The molecule has 11 heteroatoms. The maximum atomic E-state index is 13.1. The summed E-state index contributed by atoms with van der Waals surface area (Å²) in [6.45, 7) is 2.33. The number of benzene rings is 2. The monoisotopic (exact) mass is 472 g/mol. The maximum absolute atomic E-state index is 13.1. The lowest BCUT2D eigenvalue weighted by atomic mass is 9.92. The van der Waals surface area contributed by atoms with Crippen molar-refractivity contribution in [2.75, 3.05) is 20.2 Å². The van der Waals surface area contributed by atoms with E-state index in [9.17, 15) is 22.8 Å². The molecular formula is C22H24N4O6S. The molecule has 10 nitrogen and oxygen atoms in total. The fourth-order valence-electron chi connectivity index (χ4n) is 3.96. The Hall–Kier alpha value is -3.44. The molecule has 0 bridgehead atoms. The number of hydrogen-bond donors (Lipinski definition) is 2. The van der Waals surface area contributed by atoms with Crippen LogP contribution < -0.4 is 15.5 Å². The minimum atomic E-state index is -3.87. The van der Waals surface area contributed by atoms with Crippen molar-refractivity contribution in [3.05, 3.63) is 59.7 Å². The number of carbonyl (C=O) groups is 3. The van der Waals surface area contributed by atoms with Crippen LogP contribution in [0.25, 0.3) is 0 Å². The van der Waals surface area contributed by atoms with Gasteiger partial charge in [-0.25, -0.2) is 13.2 Å². The minimum absolute atomic E-state index is 0.0394. The number of hydrogen-bond acceptors (Lipinski definition) is 6. The zero-order valence-electron chi connectivity index (χ0n) is 18.2. The summed E-state index contributed by atoms with van der Waals surface area (Å²) in [5.41, 5.74) is 1.46. The third-order valence-corrected chi connectivity index (χ3v) is 7.78. The summed E-state index contributed by atoms with van der Waals surface area (Å²) in [6, 6.07) is 11.8. The van der Waals surface area contributed by atoms with E-state index in [0.29, 0.717) is 23.7 Å². The van der Waals surface area contributed by atoms with Crippen molar-refractivity contribution < 1.29 is 27.5 Å². The molecule has 2 fully saturated rings. The average molecular weight is 473 g/mol. The number of nitrogens with zero attached hydrogens (tertiary/aromatic N) is 2. The first kappa shape index (κ1) is 22.7. The zero-order valence-corrected chi connectivity index (χ0v) is 19.0. The fraction of sp³-hybridized carbons (Fsp3) is 0.318. The molecule has 2 heterocycles. The molecule has 2 aliphatic heterocycles. The maximum Gasteiger partial charge on any atom is 0.344 e. The number of nitrogens with one attached hydrogen (secondary N) is 2. The number of methoxy groups -OCH3 is 1. The first-order valence-corrected chi connectivity index (χ1v) is 11.8. The van der Waals surface area contributed by atoms with Gasteiger partial charge in [0, 0.05) is 18.7 Å². The van der Waals surface area contributed by atoms with Crippen LogP contribution in [0, 0.1) is 0 Å². The number of hydrazine groups is 1. The third kappa shape index (κ3) is 3.93. The summed E-state index contributed by atoms with van der Waals surface area (Å²) in [5.74, 6) is -1.37. The molecule has 2 aromatic carbocycles. The summed E-state index contributed by atoms with van der Waals surface area (Å²) < 4.78 is 32.7. The smallest absolute Gasteiger partial charge is 0.344 e. The van der Waals surface area contributed by atoms with Gasteiger partial charge in [0.05, 0.1) is 7.11 Å². The first-order chi connectivity index (χ1) is 15.7. The van der Waals surface area contributed by atoms with E-state index in [4.69, 9.17) is 4.74 Å². The van der Waals surface area contributed by atoms with Gasteiger partial charge in [0.2, 0.25) is 10.0 Å². The molecule has 2 aliphatic rings. The van der Waals surface area contributed by atoms with Gasteiger partial charge in [-0.05, 0) is 43.5 Å². The largest absolute Gasteiger partial charge is 0.495 e. The van der Waals surface area contributed by atoms with Crippen molar-refractivity contribution in [2.45, 2.75) is 30.2 Å². The molecule has 4 amide bonds. The van der Waals surface area contributed by atoms with Crippen molar-refractivity contribution in [1.82, 2.24) is 20.1 Å². The molecule has 174 valence electrons. The predicted molar refractivity (Wildman–Crippen MR) is 118 cm³/mol. The van der Waals surface area contributed by atoms with Crippen LogP contribution in [-0.4, -0.2) is 55.8 Å². The third-order valence-electron chi connectivity index (χ3n) is 5.86. The molecule has 2 N–H and O–H groups in total. The quantitative estimate of drug-likeness (QED) is 0.615. The van der Waals surface area contributed by atoms with E-state index in [1.54, 1.807) is 37.3 Å². The van der Waals surface area contributed by atoms with Gasteiger partial charge in [-0.3, -0.25) is 15.0 Å². The lowest BCUT2D eigenvalue weighted by molar-refractivity contribution is -0.132. The van der Waals surface area contributed by atoms with Gasteiger partial charge < -0.3 is 10.1 Å². The van der Waals surface area contributed by atoms with E-state index in [2.05, 4.69) is 10.7 Å². The second-order valence-electron chi connectivity index (χ2n) is 7.98. The molecule has 2 aromatic rings. The standard InChI is InChI=1S/C22H24N4O6S/c1-22(16-8-4-3-5-9-16)20(28)26(21(29)23-22)24-19(27)15-10-11-17(32-2)18(14-15)33(30,31)25-12-6-7-13-25/h3-5,8-11,14H,6-7,12-13H2,1-2H3,(H,23,29)(H,24,27). The molecule has 4 rings (SSSR count). The van der Waals surface area contributed by atoms with E-state index < -0.39 is 33.4 Å². The number of rotatable bonds is 6. The summed E-state index contributed by atoms with van der Waals surface area (Å²) in [4.78, 5) is 38.3. The van der Waals surface area contributed by atoms with Crippen molar-refractivity contribution >= 4 is 27.9 Å². The van der Waals surface area contributed by atoms with Crippen molar-refractivity contribution in [2.24, 2.45) is 0 Å². The van der Waals surface area contributed by atoms with Crippen LogP contribution >= 0.6 is 0 Å². The van der Waals surface area contributed by atoms with E-state index >= 15 is 0 Å². The molecule has 0 radical (unpaired) electrons. The lowest BCUT2D eigenvalue weighted by Crippen LogP contribution is -2.48. The molecule has 2 saturated heterocycles. The van der Waals surface area contributed by atoms with Gasteiger partial charge in [-0.1, -0.05) is 30.3 Å². The van der Waals surface area contributed by atoms with Gasteiger partial charge in [0.25, 0.3) is 11.8 Å². The number of amides is 4. The Bertz CT molecular complexity index is 1210. The zero-order chi connectivity index (χ0) is 23.8. The second kappa shape index (κ2) is 8.49. The first-order valence-electron chi connectivity index (χ1n) is 10.4. The van der Waals surface area contributed by atoms with Gasteiger partial charge in [-0.15, -0.1) is 0 Å². The van der Waals surface area contributed by atoms with E-state index in [1.807, 2.05) is 0 Å². The topological polar surface area (TPSA) is 125 Å². The predicted octanol–water partition coefficient (Wildman–Crippen LogP) is 1.59. The van der Waals surface area contributed by atoms with Crippen LogP contribution in [0.1, 0.15) is 35.7 Å². The molecule has 33 heavy (non-hydrogen) atoms.